The molecule has 13 rings (SSSR count). The second-order valence-corrected chi connectivity index (χ2v) is 23.2. The molecule has 0 saturated heterocycles. The minimum Gasteiger partial charge on any atom is -0.309 e. The van der Waals surface area contributed by atoms with Crippen LogP contribution in [0.5, 0.6) is 0 Å². The molecule has 9 heteroatoms. The lowest BCUT2D eigenvalue weighted by Gasteiger charge is -2.23. The van der Waals surface area contributed by atoms with Crippen LogP contribution in [0.2, 0.25) is 0 Å². The third-order valence-corrected chi connectivity index (χ3v) is 17.1. The minimum atomic E-state index is -5.15. The molecule has 0 aliphatic rings. The van der Waals surface area contributed by atoms with E-state index in [0.29, 0.717) is 16.9 Å². The van der Waals surface area contributed by atoms with E-state index >= 15 is 26.3 Å². The average Bonchev–Trinajstić information content (AvgIpc) is 2.17. The van der Waals surface area contributed by atoms with Crippen LogP contribution in [0, 0.1) is 66.7 Å². The van der Waals surface area contributed by atoms with Crippen molar-refractivity contribution in [2.45, 2.75) is 67.7 Å². The summed E-state index contributed by atoms with van der Waals surface area (Å²) in [6.45, 7) is 16.6. The van der Waals surface area contributed by atoms with Gasteiger partial charge in [0.05, 0.1) is 56.2 Å². The summed E-state index contributed by atoms with van der Waals surface area (Å²) in [7, 11) is 0. The first kappa shape index (κ1) is 55.3. The fraction of sp³-hybridized carbons (Fsp3) is 0.130. The van der Waals surface area contributed by atoms with Gasteiger partial charge in [0.15, 0.2) is 0 Å². The number of halogens is 6. The summed E-state index contributed by atoms with van der Waals surface area (Å²) in [5.74, 6) is 0. The molecular weight excluding hydrogens is 1080 g/mol. The third-order valence-electron chi connectivity index (χ3n) is 17.1. The van der Waals surface area contributed by atoms with Crippen LogP contribution in [-0.4, -0.2) is 9.13 Å². The van der Waals surface area contributed by atoms with Gasteiger partial charge in [0.2, 0.25) is 0 Å². The van der Waals surface area contributed by atoms with Gasteiger partial charge in [-0.2, -0.15) is 31.6 Å². The first-order valence-electron chi connectivity index (χ1n) is 28.6. The third kappa shape index (κ3) is 9.50. The van der Waals surface area contributed by atoms with Crippen molar-refractivity contribution >= 4 is 43.6 Å². The van der Waals surface area contributed by atoms with Crippen molar-refractivity contribution in [3.63, 3.8) is 0 Å². The molecule has 2 aromatic heterocycles. The number of nitriles is 1. The molecular formula is C77H57F6N3. The lowest BCUT2D eigenvalue weighted by atomic mass is 9.87. The van der Waals surface area contributed by atoms with Crippen LogP contribution in [0.1, 0.15) is 61.2 Å². The number of fused-ring (bicyclic) bond motifs is 6. The molecule has 0 bridgehead atoms. The van der Waals surface area contributed by atoms with E-state index in [1.165, 1.54) is 0 Å². The number of alkyl halides is 6. The topological polar surface area (TPSA) is 33.6 Å². The Labute approximate surface area is 495 Å². The largest absolute Gasteiger partial charge is 0.416 e. The second-order valence-electron chi connectivity index (χ2n) is 23.2. The van der Waals surface area contributed by atoms with Crippen molar-refractivity contribution in [1.82, 2.24) is 9.13 Å². The molecule has 0 radical (unpaired) electrons. The summed E-state index contributed by atoms with van der Waals surface area (Å²) in [4.78, 5) is 0. The first-order valence-corrected chi connectivity index (χ1v) is 28.6. The standard InChI is InChI=1S/C77H57F6N3/c1-43-15-23-59(47(5)31-43)51-19-27-68-64(37-51)65-38-52(60-24-16-44(2)32-48(60)6)20-28-69(65)85(68)72-13-9-11-55(42-84)74(72)75-63(56-35-57(76(78,79)80)41-58(36-56)77(81,82)83)12-10-14-73(75)86-70-29-21-53(61-25-17-45(3)33-49(61)7)39-66(70)67-40-54(22-30-71(67)86)62-26-18-46(4)34-50(62)8/h9-41H,1-8H3. The van der Waals surface area contributed by atoms with Crippen LogP contribution in [0.25, 0.3) is 122 Å². The summed E-state index contributed by atoms with van der Waals surface area (Å²) in [5, 5.41) is 15.1. The van der Waals surface area contributed by atoms with Crippen molar-refractivity contribution < 1.29 is 26.3 Å². The Bertz CT molecular complexity index is 4770. The number of hydrogen-bond donors (Lipinski definition) is 0. The van der Waals surface area contributed by atoms with E-state index in [-0.39, 0.29) is 28.3 Å². The molecule has 0 spiro atoms. The number of benzene rings is 11. The molecule has 2 heterocycles. The highest BCUT2D eigenvalue weighted by Crippen LogP contribution is 2.50. The Balaban J connectivity index is 1.17. The van der Waals surface area contributed by atoms with E-state index in [1.54, 1.807) is 24.3 Å². The normalized spacial score (nSPS) is 12.1. The first-order chi connectivity index (χ1) is 41.1. The van der Waals surface area contributed by atoms with Gasteiger partial charge >= 0.3 is 12.4 Å². The van der Waals surface area contributed by atoms with Crippen molar-refractivity contribution in [2.24, 2.45) is 0 Å². The van der Waals surface area contributed by atoms with Crippen molar-refractivity contribution in [2.75, 3.05) is 0 Å². The molecule has 0 amide bonds. The SMILES string of the molecule is Cc1ccc(-c2ccc3c(c2)c2cc(-c4ccc(C)cc4C)ccc2n3-c2cccc(C#N)c2-c2c(-c3cc(C(F)(F)F)cc(C(F)(F)F)c3)cccc2-n2c3ccc(-c4ccc(C)cc4C)cc3c3cc(-c4ccc(C)cc4C)ccc32)c(C)c1. The summed E-state index contributed by atoms with van der Waals surface area (Å²) in [6, 6.07) is 65.2. The van der Waals surface area contributed by atoms with Crippen LogP contribution in [0.4, 0.5) is 26.3 Å². The van der Waals surface area contributed by atoms with Gasteiger partial charge in [-0.3, -0.25) is 0 Å². The Morgan fingerprint density at radius 3 is 0.953 bits per heavy atom. The molecule has 0 unspecified atom stereocenters. The molecule has 0 atom stereocenters. The maximum Gasteiger partial charge on any atom is 0.416 e. The van der Waals surface area contributed by atoms with E-state index in [9.17, 15) is 5.26 Å². The van der Waals surface area contributed by atoms with Gasteiger partial charge in [-0.15, -0.1) is 0 Å². The van der Waals surface area contributed by atoms with Gasteiger partial charge < -0.3 is 9.13 Å². The highest BCUT2D eigenvalue weighted by atomic mass is 19.4. The number of nitrogens with zero attached hydrogens (tertiary/aromatic N) is 3. The van der Waals surface area contributed by atoms with Gasteiger partial charge in [-0.1, -0.05) is 138 Å². The summed E-state index contributed by atoms with van der Waals surface area (Å²) in [6.07, 6.45) is -10.3. The van der Waals surface area contributed by atoms with Gasteiger partial charge in [-0.05, 0) is 218 Å². The molecule has 0 saturated carbocycles. The van der Waals surface area contributed by atoms with Crippen molar-refractivity contribution in [3.8, 4) is 84.2 Å². The smallest absolute Gasteiger partial charge is 0.309 e. The fourth-order valence-corrected chi connectivity index (χ4v) is 13.2. The van der Waals surface area contributed by atoms with E-state index in [1.807, 2.05) is 24.3 Å². The van der Waals surface area contributed by atoms with Crippen LogP contribution in [0.3, 0.4) is 0 Å². The summed E-state index contributed by atoms with van der Waals surface area (Å²) in [5.41, 5.74) is 18.5. The monoisotopic (exact) mass is 1140 g/mol. The van der Waals surface area contributed by atoms with Crippen molar-refractivity contribution in [1.29, 1.82) is 5.26 Å². The van der Waals surface area contributed by atoms with E-state index in [4.69, 9.17) is 0 Å². The zero-order chi connectivity index (χ0) is 60.2. The minimum absolute atomic E-state index is 0.0619. The Morgan fingerprint density at radius 1 is 0.314 bits per heavy atom. The van der Waals surface area contributed by atoms with Crippen LogP contribution >= 0.6 is 0 Å². The fourth-order valence-electron chi connectivity index (χ4n) is 13.2. The Kier molecular flexibility index (Phi) is 13.3. The lowest BCUT2D eigenvalue weighted by molar-refractivity contribution is -0.143. The molecule has 0 fully saturated rings. The van der Waals surface area contributed by atoms with Crippen molar-refractivity contribution in [3.05, 3.63) is 261 Å². The highest BCUT2D eigenvalue weighted by Gasteiger charge is 2.38. The van der Waals surface area contributed by atoms with E-state index in [2.05, 4.69) is 204 Å². The molecule has 13 aromatic rings. The molecule has 86 heavy (non-hydrogen) atoms. The highest BCUT2D eigenvalue weighted by molar-refractivity contribution is 6.15. The predicted molar refractivity (Wildman–Crippen MR) is 340 cm³/mol. The van der Waals surface area contributed by atoms with E-state index < -0.39 is 23.5 Å². The quantitative estimate of drug-likeness (QED) is 0.140. The number of rotatable bonds is 8. The van der Waals surface area contributed by atoms with Gasteiger partial charge in [0.1, 0.15) is 0 Å². The molecule has 422 valence electrons. The second kappa shape index (κ2) is 20.7. The Hall–Kier alpha value is -9.91. The maximum atomic E-state index is 15.1. The van der Waals surface area contributed by atoms with Crippen LogP contribution < -0.4 is 0 Å². The molecule has 0 aliphatic heterocycles. The summed E-state index contributed by atoms with van der Waals surface area (Å²) < 4.78 is 94.9. The number of aromatic nitrogens is 2. The predicted octanol–water partition coefficient (Wildman–Crippen LogP) is 22.3. The summed E-state index contributed by atoms with van der Waals surface area (Å²) >= 11 is 0. The van der Waals surface area contributed by atoms with E-state index in [0.717, 1.165) is 145 Å². The maximum absolute atomic E-state index is 15.1. The number of aryl methyl sites for hydroxylation is 8. The molecule has 0 N–H and O–H groups in total. The zero-order valence-corrected chi connectivity index (χ0v) is 48.7. The van der Waals surface area contributed by atoms with Gasteiger partial charge in [0, 0.05) is 32.7 Å². The van der Waals surface area contributed by atoms with Crippen LogP contribution in [-0.2, 0) is 12.4 Å². The van der Waals surface area contributed by atoms with Gasteiger partial charge in [0.25, 0.3) is 0 Å². The molecule has 3 nitrogen and oxygen atoms in total. The molecule has 11 aromatic carbocycles. The Morgan fingerprint density at radius 2 is 0.640 bits per heavy atom. The molecule has 0 aliphatic carbocycles. The van der Waals surface area contributed by atoms with Gasteiger partial charge in [-0.25, -0.2) is 0 Å². The zero-order valence-electron chi connectivity index (χ0n) is 48.7. The number of hydrogen-bond acceptors (Lipinski definition) is 1. The lowest BCUT2D eigenvalue weighted by Crippen LogP contribution is -2.11. The van der Waals surface area contributed by atoms with Crippen LogP contribution in [0.15, 0.2) is 200 Å². The average molecular weight is 1140 g/mol.